The maximum Gasteiger partial charge on any atom is 0.271 e. The number of nitrogens with zero attached hydrogens (tertiary/aromatic N) is 7. The minimum atomic E-state index is -0.405. The molecule has 1 unspecified atom stereocenters. The Morgan fingerprint density at radius 3 is 2.53 bits per heavy atom. The first kappa shape index (κ1) is 24.9. The van der Waals surface area contributed by atoms with Crippen molar-refractivity contribution in [3.05, 3.63) is 99.1 Å². The summed E-state index contributed by atoms with van der Waals surface area (Å²) in [5, 5.41) is 9.92. The lowest BCUT2D eigenvalue weighted by Crippen LogP contribution is -2.49. The smallest absolute Gasteiger partial charge is 0.271 e. The summed E-state index contributed by atoms with van der Waals surface area (Å²) in [6, 6.07) is 15.0. The second-order valence-electron chi connectivity index (χ2n) is 8.92. The maximum atomic E-state index is 13.8. The van der Waals surface area contributed by atoms with Crippen LogP contribution in [-0.4, -0.2) is 52.7 Å². The van der Waals surface area contributed by atoms with Gasteiger partial charge in [0.1, 0.15) is 34.6 Å². The molecule has 0 radical (unpaired) electrons. The normalized spacial score (nSPS) is 14.6. The van der Waals surface area contributed by atoms with E-state index in [1.54, 1.807) is 50.7 Å². The summed E-state index contributed by atoms with van der Waals surface area (Å²) in [4.78, 5) is 29.8. The highest BCUT2D eigenvalue weighted by atomic mass is 19.1. The monoisotopic (exact) mass is 509 g/mol. The molecule has 3 aromatic heterocycles. The lowest BCUT2D eigenvalue weighted by molar-refractivity contribution is 0.205. The van der Waals surface area contributed by atoms with Gasteiger partial charge in [-0.2, -0.15) is 5.26 Å². The zero-order chi connectivity index (χ0) is 26.8. The zero-order valence-corrected chi connectivity index (χ0v) is 20.9. The molecule has 0 saturated carbocycles. The predicted octanol–water partition coefficient (Wildman–Crippen LogP) is 3.81. The number of benzene rings is 1. The molecule has 0 bridgehead atoms. The second-order valence-corrected chi connectivity index (χ2v) is 8.92. The van der Waals surface area contributed by atoms with E-state index in [1.165, 1.54) is 16.7 Å². The van der Waals surface area contributed by atoms with Crippen molar-refractivity contribution < 1.29 is 9.13 Å². The van der Waals surface area contributed by atoms with Crippen molar-refractivity contribution in [1.29, 1.82) is 5.26 Å². The van der Waals surface area contributed by atoms with Crippen molar-refractivity contribution in [2.75, 3.05) is 38.2 Å². The highest BCUT2D eigenvalue weighted by Crippen LogP contribution is 2.35. The summed E-state index contributed by atoms with van der Waals surface area (Å²) in [6.45, 7) is 9.49. The quantitative estimate of drug-likeness (QED) is 0.378. The van der Waals surface area contributed by atoms with Crippen molar-refractivity contribution >= 4 is 22.5 Å². The molecule has 1 fully saturated rings. The van der Waals surface area contributed by atoms with Crippen LogP contribution < -0.4 is 15.2 Å². The van der Waals surface area contributed by atoms with Crippen LogP contribution in [0.4, 0.5) is 15.9 Å². The van der Waals surface area contributed by atoms with Crippen LogP contribution in [0, 0.1) is 23.7 Å². The van der Waals surface area contributed by atoms with Crippen molar-refractivity contribution in [1.82, 2.24) is 19.4 Å². The van der Waals surface area contributed by atoms with E-state index in [2.05, 4.69) is 25.8 Å². The molecule has 0 aliphatic carbocycles. The number of piperazine rings is 1. The van der Waals surface area contributed by atoms with E-state index < -0.39 is 5.56 Å². The summed E-state index contributed by atoms with van der Waals surface area (Å²) >= 11 is 0. The molecule has 5 rings (SSSR count). The Morgan fingerprint density at radius 2 is 1.87 bits per heavy atom. The van der Waals surface area contributed by atoms with Crippen LogP contribution in [0.15, 0.2) is 59.5 Å². The fourth-order valence-corrected chi connectivity index (χ4v) is 5.03. The van der Waals surface area contributed by atoms with Crippen LogP contribution in [-0.2, 0) is 7.05 Å². The van der Waals surface area contributed by atoms with Crippen LogP contribution in [0.2, 0.25) is 0 Å². The van der Waals surface area contributed by atoms with E-state index in [4.69, 9.17) is 11.3 Å². The SMILES string of the molecule is [C-]#[N+]c1ccc2c(n1)c(N1CCN(C(c3ccc(F)cc3)c3ncccc3OC)CC1)c(C#N)c(=O)n2C. The first-order valence-corrected chi connectivity index (χ1v) is 12.0. The molecule has 9 nitrogen and oxygen atoms in total. The predicted molar refractivity (Wildman–Crippen MR) is 141 cm³/mol. The number of aromatic nitrogens is 3. The van der Waals surface area contributed by atoms with Crippen LogP contribution in [0.3, 0.4) is 0 Å². The summed E-state index contributed by atoms with van der Waals surface area (Å²) in [5.41, 5.74) is 2.65. The summed E-state index contributed by atoms with van der Waals surface area (Å²) in [6.07, 6.45) is 1.70. The molecule has 0 N–H and O–H groups in total. The van der Waals surface area contributed by atoms with E-state index >= 15 is 0 Å². The Kier molecular flexibility index (Phi) is 6.73. The van der Waals surface area contributed by atoms with Crippen molar-refractivity contribution in [3.63, 3.8) is 0 Å². The number of pyridine rings is 3. The number of hydrogen-bond donors (Lipinski definition) is 0. The van der Waals surface area contributed by atoms with Gasteiger partial charge in [0, 0.05) is 39.4 Å². The van der Waals surface area contributed by atoms with Gasteiger partial charge in [0.05, 0.1) is 18.7 Å². The Balaban J connectivity index is 1.54. The van der Waals surface area contributed by atoms with Gasteiger partial charge in [0.25, 0.3) is 11.4 Å². The van der Waals surface area contributed by atoms with E-state index in [1.807, 2.05) is 11.0 Å². The van der Waals surface area contributed by atoms with Gasteiger partial charge in [-0.15, -0.1) is 4.98 Å². The number of ether oxygens (including phenoxy) is 1. The first-order valence-electron chi connectivity index (χ1n) is 12.0. The molecule has 4 heterocycles. The maximum absolute atomic E-state index is 13.8. The second kappa shape index (κ2) is 10.3. The van der Waals surface area contributed by atoms with Crippen molar-refractivity contribution in [2.45, 2.75) is 6.04 Å². The molecular weight excluding hydrogens is 485 g/mol. The Hall–Kier alpha value is -4.80. The molecule has 4 aromatic rings. The summed E-state index contributed by atoms with van der Waals surface area (Å²) < 4.78 is 20.7. The molecule has 0 amide bonds. The van der Waals surface area contributed by atoms with Crippen LogP contribution in [0.5, 0.6) is 5.75 Å². The number of halogens is 1. The Bertz CT molecular complexity index is 1650. The Labute approximate surface area is 218 Å². The highest BCUT2D eigenvalue weighted by Gasteiger charge is 2.32. The number of rotatable bonds is 5. The van der Waals surface area contributed by atoms with E-state index in [0.717, 1.165) is 11.3 Å². The standard InChI is InChI=1S/C28H24FN7O2/c1-31-23-11-10-21-24(33-23)27(20(17-30)28(37)34(21)2)36-15-13-35(14-16-36)26(18-6-8-19(29)9-7-18)25-22(38-3)5-4-12-32-25/h4-12,26H,13-16H2,2-3H3. The zero-order valence-electron chi connectivity index (χ0n) is 20.9. The summed E-state index contributed by atoms with van der Waals surface area (Å²) in [5.74, 6) is 0.501. The van der Waals surface area contributed by atoms with Gasteiger partial charge < -0.3 is 19.0 Å². The van der Waals surface area contributed by atoms with Crippen molar-refractivity contribution in [3.8, 4) is 11.8 Å². The average Bonchev–Trinajstić information content (AvgIpc) is 2.96. The minimum absolute atomic E-state index is 0.00422. The number of hydrogen-bond acceptors (Lipinski definition) is 7. The van der Waals surface area contributed by atoms with Crippen LogP contribution in [0.1, 0.15) is 22.9 Å². The van der Waals surface area contributed by atoms with E-state index in [9.17, 15) is 14.4 Å². The third-order valence-electron chi connectivity index (χ3n) is 6.89. The fraction of sp³-hybridized carbons (Fsp3) is 0.250. The molecule has 0 spiro atoms. The number of aryl methyl sites for hydroxylation is 1. The number of methoxy groups -OCH3 is 1. The van der Waals surface area contributed by atoms with Gasteiger partial charge in [-0.05, 0) is 42.0 Å². The number of fused-ring (bicyclic) bond motifs is 1. The largest absolute Gasteiger partial charge is 0.495 e. The number of anilines is 1. The molecule has 190 valence electrons. The van der Waals surface area contributed by atoms with Crippen LogP contribution >= 0.6 is 0 Å². The number of nitriles is 1. The topological polar surface area (TPSA) is 91.6 Å². The van der Waals surface area contributed by atoms with E-state index in [-0.39, 0.29) is 23.2 Å². The minimum Gasteiger partial charge on any atom is -0.495 e. The molecule has 10 heteroatoms. The van der Waals surface area contributed by atoms with Gasteiger partial charge in [0.15, 0.2) is 0 Å². The van der Waals surface area contributed by atoms with Gasteiger partial charge >= 0.3 is 0 Å². The first-order chi connectivity index (χ1) is 18.5. The Morgan fingerprint density at radius 1 is 1.13 bits per heavy atom. The van der Waals surface area contributed by atoms with E-state index in [0.29, 0.717) is 48.6 Å². The van der Waals surface area contributed by atoms with Gasteiger partial charge in [-0.1, -0.05) is 18.7 Å². The molecule has 1 saturated heterocycles. The van der Waals surface area contributed by atoms with Gasteiger partial charge in [0.2, 0.25) is 5.52 Å². The molecule has 38 heavy (non-hydrogen) atoms. The molecule has 1 aliphatic heterocycles. The van der Waals surface area contributed by atoms with Crippen molar-refractivity contribution in [2.24, 2.45) is 7.05 Å². The highest BCUT2D eigenvalue weighted by molar-refractivity contribution is 5.92. The summed E-state index contributed by atoms with van der Waals surface area (Å²) in [7, 11) is 3.19. The lowest BCUT2D eigenvalue weighted by atomic mass is 9.99. The van der Waals surface area contributed by atoms with Gasteiger partial charge in [-0.3, -0.25) is 14.7 Å². The molecule has 1 aliphatic rings. The average molecular weight is 510 g/mol. The molecular formula is C28H24FN7O2. The third-order valence-corrected chi connectivity index (χ3v) is 6.89. The fourth-order valence-electron chi connectivity index (χ4n) is 5.03. The third kappa shape index (κ3) is 4.32. The molecule has 1 aromatic carbocycles. The van der Waals surface area contributed by atoms with Crippen LogP contribution in [0.25, 0.3) is 15.9 Å². The molecule has 1 atom stereocenters. The lowest BCUT2D eigenvalue weighted by Gasteiger charge is -2.40. The van der Waals surface area contributed by atoms with Gasteiger partial charge in [-0.25, -0.2) is 4.39 Å².